The SMILES string of the molecule is O=C(O)c1ccc(NC2(CO)CC2)c([N+](=O)[O-])c1. The number of aromatic carboxylic acids is 1. The van der Waals surface area contributed by atoms with Crippen molar-refractivity contribution in [1.29, 1.82) is 0 Å². The number of rotatable bonds is 5. The second kappa shape index (κ2) is 4.26. The number of carbonyl (C=O) groups is 1. The zero-order valence-electron chi connectivity index (χ0n) is 9.42. The average molecular weight is 252 g/mol. The topological polar surface area (TPSA) is 113 Å². The van der Waals surface area contributed by atoms with E-state index in [9.17, 15) is 14.9 Å². The normalized spacial score (nSPS) is 16.1. The van der Waals surface area contributed by atoms with Crippen LogP contribution in [-0.2, 0) is 0 Å². The number of nitrogens with one attached hydrogen (secondary N) is 1. The Morgan fingerprint density at radius 3 is 2.61 bits per heavy atom. The third-order valence-electron chi connectivity index (χ3n) is 3.00. The van der Waals surface area contributed by atoms with E-state index in [1.54, 1.807) is 0 Å². The van der Waals surface area contributed by atoms with Crippen molar-refractivity contribution in [2.24, 2.45) is 0 Å². The maximum Gasteiger partial charge on any atom is 0.335 e. The highest BCUT2D eigenvalue weighted by molar-refractivity contribution is 5.89. The Kier molecular flexibility index (Phi) is 2.92. The lowest BCUT2D eigenvalue weighted by Gasteiger charge is -2.15. The minimum absolute atomic E-state index is 0.106. The molecule has 0 bridgehead atoms. The maximum atomic E-state index is 10.9. The van der Waals surface area contributed by atoms with Gasteiger partial charge in [0.25, 0.3) is 5.69 Å². The molecule has 0 radical (unpaired) electrons. The van der Waals surface area contributed by atoms with E-state index in [2.05, 4.69) is 5.32 Å². The van der Waals surface area contributed by atoms with Gasteiger partial charge in [-0.25, -0.2) is 4.79 Å². The quantitative estimate of drug-likeness (QED) is 0.536. The van der Waals surface area contributed by atoms with E-state index < -0.39 is 16.4 Å². The molecule has 0 spiro atoms. The fraction of sp³-hybridized carbons (Fsp3) is 0.364. The molecule has 1 aromatic carbocycles. The fourth-order valence-corrected chi connectivity index (χ4v) is 1.68. The summed E-state index contributed by atoms with van der Waals surface area (Å²) in [5.41, 5.74) is -0.692. The molecule has 96 valence electrons. The highest BCUT2D eigenvalue weighted by Gasteiger charge is 2.43. The predicted octanol–water partition coefficient (Wildman–Crippen LogP) is 1.23. The molecular weight excluding hydrogens is 240 g/mol. The molecule has 0 aliphatic heterocycles. The lowest BCUT2D eigenvalue weighted by molar-refractivity contribution is -0.384. The number of hydrogen-bond acceptors (Lipinski definition) is 5. The van der Waals surface area contributed by atoms with Crippen molar-refractivity contribution in [2.45, 2.75) is 18.4 Å². The fourth-order valence-electron chi connectivity index (χ4n) is 1.68. The second-order valence-corrected chi connectivity index (χ2v) is 4.36. The second-order valence-electron chi connectivity index (χ2n) is 4.36. The van der Waals surface area contributed by atoms with Gasteiger partial charge in [-0.05, 0) is 25.0 Å². The van der Waals surface area contributed by atoms with Gasteiger partial charge in [0.15, 0.2) is 0 Å². The molecule has 0 unspecified atom stereocenters. The summed E-state index contributed by atoms with van der Waals surface area (Å²) >= 11 is 0. The largest absolute Gasteiger partial charge is 0.478 e. The summed E-state index contributed by atoms with van der Waals surface area (Å²) in [5, 5.41) is 31.8. The summed E-state index contributed by atoms with van der Waals surface area (Å²) in [6.07, 6.45) is 1.47. The number of benzene rings is 1. The minimum atomic E-state index is -1.21. The summed E-state index contributed by atoms with van der Waals surface area (Å²) in [4.78, 5) is 21.0. The van der Waals surface area contributed by atoms with E-state index in [0.717, 1.165) is 18.9 Å². The standard InChI is InChI=1S/C11H12N2O5/c14-6-11(3-4-11)12-8-2-1-7(10(15)16)5-9(8)13(17)18/h1-2,5,12,14H,3-4,6H2,(H,15,16). The molecule has 1 fully saturated rings. The van der Waals surface area contributed by atoms with Crippen LogP contribution in [0.4, 0.5) is 11.4 Å². The lowest BCUT2D eigenvalue weighted by atomic mass is 10.1. The molecule has 3 N–H and O–H groups in total. The number of hydrogen-bond donors (Lipinski definition) is 3. The molecule has 1 aromatic rings. The van der Waals surface area contributed by atoms with Gasteiger partial charge in [0.2, 0.25) is 0 Å². The van der Waals surface area contributed by atoms with Crippen LogP contribution >= 0.6 is 0 Å². The predicted molar refractivity (Wildman–Crippen MR) is 62.7 cm³/mol. The summed E-state index contributed by atoms with van der Waals surface area (Å²) in [7, 11) is 0. The van der Waals surface area contributed by atoms with Crippen LogP contribution in [0.3, 0.4) is 0 Å². The van der Waals surface area contributed by atoms with Crippen LogP contribution in [0.1, 0.15) is 23.2 Å². The van der Waals surface area contributed by atoms with Gasteiger partial charge < -0.3 is 15.5 Å². The number of aliphatic hydroxyl groups excluding tert-OH is 1. The van der Waals surface area contributed by atoms with Crippen molar-refractivity contribution in [3.63, 3.8) is 0 Å². The summed E-state index contributed by atoms with van der Waals surface area (Å²) < 4.78 is 0. The van der Waals surface area contributed by atoms with Crippen LogP contribution < -0.4 is 5.32 Å². The van der Waals surface area contributed by atoms with Crippen molar-refractivity contribution >= 4 is 17.3 Å². The Morgan fingerprint density at radius 1 is 1.50 bits per heavy atom. The molecule has 0 amide bonds. The molecule has 2 rings (SSSR count). The van der Waals surface area contributed by atoms with Crippen molar-refractivity contribution in [2.75, 3.05) is 11.9 Å². The average Bonchev–Trinajstić information content (AvgIpc) is 3.09. The van der Waals surface area contributed by atoms with Gasteiger partial charge in [-0.1, -0.05) is 0 Å². The van der Waals surface area contributed by atoms with Crippen LogP contribution in [0.2, 0.25) is 0 Å². The van der Waals surface area contributed by atoms with Gasteiger partial charge >= 0.3 is 5.97 Å². The van der Waals surface area contributed by atoms with E-state index >= 15 is 0 Å². The Morgan fingerprint density at radius 2 is 2.17 bits per heavy atom. The number of nitro groups is 1. The van der Waals surface area contributed by atoms with Crippen LogP contribution in [0.5, 0.6) is 0 Å². The molecule has 1 aliphatic carbocycles. The zero-order chi connectivity index (χ0) is 13.3. The number of carboxylic acids is 1. The van der Waals surface area contributed by atoms with Gasteiger partial charge in [0, 0.05) is 6.07 Å². The number of anilines is 1. The number of carboxylic acid groups (broad SMARTS) is 1. The van der Waals surface area contributed by atoms with E-state index in [0.29, 0.717) is 0 Å². The first-order valence-corrected chi connectivity index (χ1v) is 5.38. The monoisotopic (exact) mass is 252 g/mol. The molecule has 0 atom stereocenters. The van der Waals surface area contributed by atoms with E-state index in [1.807, 2.05) is 0 Å². The molecule has 7 nitrogen and oxygen atoms in total. The van der Waals surface area contributed by atoms with Gasteiger partial charge in [0.1, 0.15) is 5.69 Å². The molecule has 0 heterocycles. The van der Waals surface area contributed by atoms with Crippen LogP contribution in [-0.4, -0.2) is 33.3 Å². The highest BCUT2D eigenvalue weighted by Crippen LogP contribution is 2.40. The van der Waals surface area contributed by atoms with Crippen molar-refractivity contribution in [1.82, 2.24) is 0 Å². The van der Waals surface area contributed by atoms with Crippen LogP contribution in [0.15, 0.2) is 18.2 Å². The summed E-state index contributed by atoms with van der Waals surface area (Å²) in [5.74, 6) is -1.21. The molecule has 7 heteroatoms. The first-order chi connectivity index (χ1) is 8.47. The van der Waals surface area contributed by atoms with Crippen molar-refractivity contribution in [3.8, 4) is 0 Å². The molecule has 1 saturated carbocycles. The minimum Gasteiger partial charge on any atom is -0.478 e. The molecule has 0 aromatic heterocycles. The number of nitro benzene ring substituents is 1. The third-order valence-corrected chi connectivity index (χ3v) is 3.00. The van der Waals surface area contributed by atoms with Crippen LogP contribution in [0, 0.1) is 10.1 Å². The number of aliphatic hydroxyl groups is 1. The third kappa shape index (κ3) is 2.25. The molecule has 18 heavy (non-hydrogen) atoms. The van der Waals surface area contributed by atoms with Gasteiger partial charge in [-0.3, -0.25) is 10.1 Å². The van der Waals surface area contributed by atoms with Crippen molar-refractivity contribution in [3.05, 3.63) is 33.9 Å². The number of nitrogens with zero attached hydrogens (tertiary/aromatic N) is 1. The van der Waals surface area contributed by atoms with E-state index in [4.69, 9.17) is 10.2 Å². The zero-order valence-corrected chi connectivity index (χ0v) is 9.42. The first kappa shape index (κ1) is 12.3. The Balaban J connectivity index is 2.35. The Hall–Kier alpha value is -2.15. The van der Waals surface area contributed by atoms with Gasteiger partial charge in [-0.15, -0.1) is 0 Å². The van der Waals surface area contributed by atoms with Gasteiger partial charge in [0.05, 0.1) is 22.6 Å². The molecule has 0 saturated heterocycles. The first-order valence-electron chi connectivity index (χ1n) is 5.38. The maximum absolute atomic E-state index is 10.9. The lowest BCUT2D eigenvalue weighted by Crippen LogP contribution is -2.26. The van der Waals surface area contributed by atoms with Crippen molar-refractivity contribution < 1.29 is 19.9 Å². The van der Waals surface area contributed by atoms with Crippen LogP contribution in [0.25, 0.3) is 0 Å². The highest BCUT2D eigenvalue weighted by atomic mass is 16.6. The van der Waals surface area contributed by atoms with E-state index in [1.165, 1.54) is 12.1 Å². The summed E-state index contributed by atoms with van der Waals surface area (Å²) in [6, 6.07) is 3.67. The summed E-state index contributed by atoms with van der Waals surface area (Å²) in [6.45, 7) is -0.106. The molecular formula is C11H12N2O5. The van der Waals surface area contributed by atoms with Gasteiger partial charge in [-0.2, -0.15) is 0 Å². The smallest absolute Gasteiger partial charge is 0.335 e. The van der Waals surface area contributed by atoms with E-state index in [-0.39, 0.29) is 23.5 Å². The Labute approximate surface area is 102 Å². The molecule has 1 aliphatic rings. The Bertz CT molecular complexity index is 510.